The van der Waals surface area contributed by atoms with Crippen molar-refractivity contribution in [2.75, 3.05) is 11.1 Å². The number of rotatable bonds is 4. The molecule has 0 fully saturated rings. The number of hydrogen-bond donors (Lipinski definition) is 3. The number of aryl methyl sites for hydroxylation is 1. The highest BCUT2D eigenvalue weighted by Gasteiger charge is 2.06. The van der Waals surface area contributed by atoms with Gasteiger partial charge in [0.25, 0.3) is 0 Å². The second kappa shape index (κ2) is 4.91. The van der Waals surface area contributed by atoms with E-state index in [0.717, 1.165) is 0 Å². The lowest BCUT2D eigenvalue weighted by atomic mass is 10.3. The van der Waals surface area contributed by atoms with Gasteiger partial charge in [-0.2, -0.15) is 8.78 Å². The summed E-state index contributed by atoms with van der Waals surface area (Å²) < 4.78 is 28.1. The van der Waals surface area contributed by atoms with Gasteiger partial charge in [0.15, 0.2) is 5.82 Å². The molecule has 0 aliphatic rings. The van der Waals surface area contributed by atoms with Gasteiger partial charge < -0.3 is 20.8 Å². The predicted octanol–water partition coefficient (Wildman–Crippen LogP) is 2.65. The first-order valence-electron chi connectivity index (χ1n) is 5.18. The summed E-state index contributed by atoms with van der Waals surface area (Å²) in [7, 11) is 0. The fourth-order valence-corrected chi connectivity index (χ4v) is 1.46. The van der Waals surface area contributed by atoms with E-state index in [9.17, 15) is 8.78 Å². The van der Waals surface area contributed by atoms with Crippen molar-refractivity contribution < 1.29 is 13.5 Å². The predicted molar refractivity (Wildman–Crippen MR) is 64.1 cm³/mol. The van der Waals surface area contributed by atoms with Crippen LogP contribution in [0.15, 0.2) is 24.3 Å². The van der Waals surface area contributed by atoms with Crippen LogP contribution in [0.4, 0.5) is 26.1 Å². The first-order chi connectivity index (χ1) is 8.54. The molecule has 0 radical (unpaired) electrons. The molecule has 5 nitrogen and oxygen atoms in total. The zero-order valence-electron chi connectivity index (χ0n) is 9.58. The van der Waals surface area contributed by atoms with Crippen LogP contribution in [-0.2, 0) is 0 Å². The summed E-state index contributed by atoms with van der Waals surface area (Å²) in [5.74, 6) is 1.70. The van der Waals surface area contributed by atoms with Gasteiger partial charge in [0, 0.05) is 5.69 Å². The average Bonchev–Trinajstić information content (AvgIpc) is 2.59. The largest absolute Gasteiger partial charge is 0.435 e. The molecule has 2 aromatic rings. The van der Waals surface area contributed by atoms with E-state index in [-0.39, 0.29) is 5.75 Å². The maximum Gasteiger partial charge on any atom is 0.387 e. The van der Waals surface area contributed by atoms with E-state index in [2.05, 4.69) is 20.0 Å². The molecule has 0 atom stereocenters. The summed E-state index contributed by atoms with van der Waals surface area (Å²) in [6.45, 7) is -1.05. The Balaban J connectivity index is 2.08. The first-order valence-corrected chi connectivity index (χ1v) is 5.18. The van der Waals surface area contributed by atoms with Crippen molar-refractivity contribution in [3.63, 3.8) is 0 Å². The molecule has 0 unspecified atom stereocenters. The maximum atomic E-state index is 12.0. The number of nitrogens with zero attached hydrogens (tertiary/aromatic N) is 1. The van der Waals surface area contributed by atoms with Crippen LogP contribution < -0.4 is 15.8 Å². The van der Waals surface area contributed by atoms with E-state index in [4.69, 9.17) is 5.73 Å². The van der Waals surface area contributed by atoms with Crippen LogP contribution in [0, 0.1) is 6.92 Å². The Hall–Kier alpha value is -2.31. The quantitative estimate of drug-likeness (QED) is 0.784. The third-order valence-electron chi connectivity index (χ3n) is 2.19. The molecule has 4 N–H and O–H groups in total. The molecule has 0 saturated carbocycles. The Kier molecular flexibility index (Phi) is 3.31. The molecule has 0 spiro atoms. The number of aromatic nitrogens is 2. The van der Waals surface area contributed by atoms with Gasteiger partial charge in [-0.25, -0.2) is 4.98 Å². The number of H-pyrrole nitrogens is 1. The summed E-state index contributed by atoms with van der Waals surface area (Å²) in [6, 6.07) is 6.07. The molecule has 0 aliphatic carbocycles. The third-order valence-corrected chi connectivity index (χ3v) is 2.19. The summed E-state index contributed by atoms with van der Waals surface area (Å²) >= 11 is 0. The molecule has 2 rings (SSSR count). The van der Waals surface area contributed by atoms with E-state index < -0.39 is 6.61 Å². The molecule has 0 saturated heterocycles. The van der Waals surface area contributed by atoms with Gasteiger partial charge in [-0.1, -0.05) is 0 Å². The Morgan fingerprint density at radius 2 is 2.00 bits per heavy atom. The summed E-state index contributed by atoms with van der Waals surface area (Å²) in [6.07, 6.45) is 0. The normalized spacial score (nSPS) is 10.7. The van der Waals surface area contributed by atoms with Crippen molar-refractivity contribution >= 4 is 17.3 Å². The van der Waals surface area contributed by atoms with Gasteiger partial charge in [0.2, 0.25) is 0 Å². The minimum absolute atomic E-state index is 0.0988. The first kappa shape index (κ1) is 12.2. The lowest BCUT2D eigenvalue weighted by Gasteiger charge is -2.06. The van der Waals surface area contributed by atoms with Crippen molar-refractivity contribution in [1.82, 2.24) is 9.97 Å². The van der Waals surface area contributed by atoms with Crippen LogP contribution in [0.3, 0.4) is 0 Å². The highest BCUT2D eigenvalue weighted by atomic mass is 19.3. The van der Waals surface area contributed by atoms with Crippen molar-refractivity contribution in [2.24, 2.45) is 0 Å². The molecule has 0 aliphatic heterocycles. The molecule has 96 valence electrons. The van der Waals surface area contributed by atoms with E-state index in [1.165, 1.54) is 12.1 Å². The lowest BCUT2D eigenvalue weighted by molar-refractivity contribution is -0.0498. The van der Waals surface area contributed by atoms with Crippen molar-refractivity contribution in [2.45, 2.75) is 13.5 Å². The number of imidazole rings is 1. The lowest BCUT2D eigenvalue weighted by Crippen LogP contribution is -2.01. The molecule has 18 heavy (non-hydrogen) atoms. The van der Waals surface area contributed by atoms with Gasteiger partial charge >= 0.3 is 6.61 Å². The highest BCUT2D eigenvalue weighted by Crippen LogP contribution is 2.23. The Bertz CT molecular complexity index is 524. The van der Waals surface area contributed by atoms with Crippen molar-refractivity contribution in [3.8, 4) is 5.75 Å². The number of ether oxygens (including phenoxy) is 1. The summed E-state index contributed by atoms with van der Waals surface area (Å²) in [5.41, 5.74) is 6.36. The minimum Gasteiger partial charge on any atom is -0.435 e. The average molecular weight is 254 g/mol. The van der Waals surface area contributed by atoms with Gasteiger partial charge in [-0.15, -0.1) is 0 Å². The molecular formula is C11H12F2N4O. The van der Waals surface area contributed by atoms with Crippen LogP contribution in [0.25, 0.3) is 0 Å². The number of nitrogens with two attached hydrogens (primary N) is 1. The number of nitrogen functional groups attached to an aromatic ring is 1. The van der Waals surface area contributed by atoms with E-state index in [1.807, 2.05) is 0 Å². The monoisotopic (exact) mass is 254 g/mol. The Morgan fingerprint density at radius 1 is 1.33 bits per heavy atom. The number of anilines is 3. The number of aromatic amines is 1. The van der Waals surface area contributed by atoms with Crippen LogP contribution in [0.5, 0.6) is 5.75 Å². The highest BCUT2D eigenvalue weighted by molar-refractivity contribution is 5.66. The molecule has 1 aromatic heterocycles. The molecule has 1 heterocycles. The van der Waals surface area contributed by atoms with Gasteiger partial charge in [-0.3, -0.25) is 0 Å². The second-order valence-electron chi connectivity index (χ2n) is 3.61. The fraction of sp³-hybridized carbons (Fsp3) is 0.182. The molecular weight excluding hydrogens is 242 g/mol. The number of halogens is 2. The third kappa shape index (κ3) is 2.88. The van der Waals surface area contributed by atoms with Crippen molar-refractivity contribution in [3.05, 3.63) is 30.1 Å². The standard InChI is InChI=1S/C11H12F2N4O/c1-6-15-9(14)10(16-6)17-7-2-4-8(5-3-7)18-11(12)13/h2-5,11,17H,14H2,1H3,(H,15,16). The molecule has 1 aromatic carbocycles. The van der Waals surface area contributed by atoms with Gasteiger partial charge in [0.05, 0.1) is 0 Å². The Labute approximate surface area is 102 Å². The van der Waals surface area contributed by atoms with Crippen LogP contribution in [0.2, 0.25) is 0 Å². The number of benzene rings is 1. The van der Waals surface area contributed by atoms with E-state index in [1.54, 1.807) is 19.1 Å². The molecule has 0 bridgehead atoms. The minimum atomic E-state index is -2.83. The van der Waals surface area contributed by atoms with Crippen molar-refractivity contribution in [1.29, 1.82) is 0 Å². The smallest absolute Gasteiger partial charge is 0.387 e. The van der Waals surface area contributed by atoms with E-state index in [0.29, 0.717) is 23.1 Å². The summed E-state index contributed by atoms with van der Waals surface area (Å²) in [4.78, 5) is 6.98. The zero-order valence-corrected chi connectivity index (χ0v) is 9.58. The van der Waals surface area contributed by atoms with Crippen LogP contribution in [0.1, 0.15) is 5.82 Å². The topological polar surface area (TPSA) is 76.0 Å². The van der Waals surface area contributed by atoms with Gasteiger partial charge in [-0.05, 0) is 31.2 Å². The molecule has 0 amide bonds. The number of alkyl halides is 2. The van der Waals surface area contributed by atoms with Gasteiger partial charge in [0.1, 0.15) is 17.4 Å². The Morgan fingerprint density at radius 3 is 2.50 bits per heavy atom. The van der Waals surface area contributed by atoms with Crippen LogP contribution >= 0.6 is 0 Å². The zero-order chi connectivity index (χ0) is 13.1. The number of nitrogens with one attached hydrogen (secondary N) is 2. The number of hydrogen-bond acceptors (Lipinski definition) is 4. The maximum absolute atomic E-state index is 12.0. The van der Waals surface area contributed by atoms with Crippen LogP contribution in [-0.4, -0.2) is 16.6 Å². The van der Waals surface area contributed by atoms with E-state index >= 15 is 0 Å². The molecule has 7 heteroatoms. The second-order valence-corrected chi connectivity index (χ2v) is 3.61. The fourth-order valence-electron chi connectivity index (χ4n) is 1.46. The summed E-state index contributed by atoms with van der Waals surface area (Å²) in [5, 5.41) is 2.96. The SMILES string of the molecule is Cc1nc(Nc2ccc(OC(F)F)cc2)c(N)[nH]1.